The van der Waals surface area contributed by atoms with Gasteiger partial charge in [0, 0.05) is 11.9 Å². The minimum atomic E-state index is -0.545. The minimum Gasteiger partial charge on any atom is -0.459 e. The first-order chi connectivity index (χ1) is 11.2. The van der Waals surface area contributed by atoms with Gasteiger partial charge in [-0.15, -0.1) is 11.3 Å². The third-order valence-electron chi connectivity index (χ3n) is 3.78. The van der Waals surface area contributed by atoms with E-state index in [2.05, 4.69) is 4.98 Å². The molecule has 1 amide bonds. The molecule has 3 rings (SSSR count). The van der Waals surface area contributed by atoms with Crippen molar-refractivity contribution in [3.05, 3.63) is 40.2 Å². The second-order valence-corrected chi connectivity index (χ2v) is 6.27. The topological polar surface area (TPSA) is 72.6 Å². The fraction of sp³-hybridized carbons (Fsp3) is 0.438. The summed E-state index contributed by atoms with van der Waals surface area (Å²) in [4.78, 5) is 30.6. The molecule has 2 aromatic heterocycles. The maximum atomic E-state index is 12.4. The van der Waals surface area contributed by atoms with Crippen LogP contribution in [0.2, 0.25) is 0 Å². The number of hydrogen-bond acceptors (Lipinski definition) is 6. The highest BCUT2D eigenvalue weighted by molar-refractivity contribution is 7.09. The van der Waals surface area contributed by atoms with Crippen molar-refractivity contribution in [1.82, 2.24) is 9.88 Å². The van der Waals surface area contributed by atoms with Crippen LogP contribution in [0.15, 0.2) is 28.2 Å². The Bertz CT molecular complexity index is 680. The molecule has 3 heterocycles. The number of rotatable bonds is 5. The molecule has 23 heavy (non-hydrogen) atoms. The van der Waals surface area contributed by atoms with Crippen LogP contribution in [0.4, 0.5) is 0 Å². The standard InChI is InChI=1S/C16H18N2O4S/c1-2-14-17-11(10-23-14)9-22-16(20)12-5-3-7-18(12)15(19)13-6-4-8-21-13/h4,6,8,10,12H,2-3,5,7,9H2,1H3. The highest BCUT2D eigenvalue weighted by Gasteiger charge is 2.36. The molecule has 6 nitrogen and oxygen atoms in total. The second-order valence-electron chi connectivity index (χ2n) is 5.33. The summed E-state index contributed by atoms with van der Waals surface area (Å²) in [6, 6.07) is 2.71. The van der Waals surface area contributed by atoms with Crippen LogP contribution in [0.25, 0.3) is 0 Å². The lowest BCUT2D eigenvalue weighted by Crippen LogP contribution is -2.41. The number of amides is 1. The molecule has 7 heteroatoms. The van der Waals surface area contributed by atoms with Gasteiger partial charge in [0.1, 0.15) is 12.6 Å². The summed E-state index contributed by atoms with van der Waals surface area (Å²) in [5, 5.41) is 2.92. The summed E-state index contributed by atoms with van der Waals surface area (Å²) >= 11 is 1.56. The largest absolute Gasteiger partial charge is 0.459 e. The molecule has 0 aromatic carbocycles. The first kappa shape index (κ1) is 15.7. The molecule has 0 aliphatic carbocycles. The fourth-order valence-corrected chi connectivity index (χ4v) is 3.34. The summed E-state index contributed by atoms with van der Waals surface area (Å²) in [6.45, 7) is 2.72. The van der Waals surface area contributed by atoms with Crippen molar-refractivity contribution in [2.75, 3.05) is 6.54 Å². The zero-order valence-corrected chi connectivity index (χ0v) is 13.7. The fourth-order valence-electron chi connectivity index (χ4n) is 2.62. The summed E-state index contributed by atoms with van der Waals surface area (Å²) in [5.74, 6) is -0.401. The lowest BCUT2D eigenvalue weighted by molar-refractivity contribution is -0.149. The van der Waals surface area contributed by atoms with Crippen LogP contribution in [0, 0.1) is 0 Å². The molecule has 122 valence electrons. The second kappa shape index (κ2) is 6.95. The number of aromatic nitrogens is 1. The molecule has 1 unspecified atom stereocenters. The van der Waals surface area contributed by atoms with Gasteiger partial charge < -0.3 is 14.1 Å². The van der Waals surface area contributed by atoms with E-state index in [-0.39, 0.29) is 24.2 Å². The number of hydrogen-bond donors (Lipinski definition) is 0. The molecule has 1 fully saturated rings. The number of likely N-dealkylation sites (tertiary alicyclic amines) is 1. The third-order valence-corrected chi connectivity index (χ3v) is 4.82. The molecule has 2 aromatic rings. The predicted molar refractivity (Wildman–Crippen MR) is 84.1 cm³/mol. The zero-order valence-electron chi connectivity index (χ0n) is 12.9. The highest BCUT2D eigenvalue weighted by Crippen LogP contribution is 2.22. The van der Waals surface area contributed by atoms with E-state index in [1.807, 2.05) is 12.3 Å². The molecule has 0 N–H and O–H groups in total. The van der Waals surface area contributed by atoms with Crippen LogP contribution in [0.5, 0.6) is 0 Å². The lowest BCUT2D eigenvalue weighted by atomic mass is 10.2. The highest BCUT2D eigenvalue weighted by atomic mass is 32.1. The SMILES string of the molecule is CCc1nc(COC(=O)C2CCCN2C(=O)c2ccco2)cs1. The molecular formula is C16H18N2O4S. The van der Waals surface area contributed by atoms with Crippen molar-refractivity contribution in [2.24, 2.45) is 0 Å². The predicted octanol–water partition coefficient (Wildman–Crippen LogP) is 2.65. The normalized spacial score (nSPS) is 17.4. The molecule has 0 bridgehead atoms. The van der Waals surface area contributed by atoms with Crippen molar-refractivity contribution < 1.29 is 18.7 Å². The minimum absolute atomic E-state index is 0.147. The van der Waals surface area contributed by atoms with Crippen molar-refractivity contribution in [3.63, 3.8) is 0 Å². The summed E-state index contributed by atoms with van der Waals surface area (Å²) in [7, 11) is 0. The molecule has 0 spiro atoms. The molecular weight excluding hydrogens is 316 g/mol. The quantitative estimate of drug-likeness (QED) is 0.786. The monoisotopic (exact) mass is 334 g/mol. The van der Waals surface area contributed by atoms with E-state index >= 15 is 0 Å². The Morgan fingerprint density at radius 1 is 1.52 bits per heavy atom. The average Bonchev–Trinajstić information content (AvgIpc) is 3.33. The van der Waals surface area contributed by atoms with Gasteiger partial charge in [-0.25, -0.2) is 9.78 Å². The van der Waals surface area contributed by atoms with Crippen molar-refractivity contribution in [3.8, 4) is 0 Å². The van der Waals surface area contributed by atoms with Crippen LogP contribution in [0.1, 0.15) is 41.0 Å². The lowest BCUT2D eigenvalue weighted by Gasteiger charge is -2.22. The summed E-state index contributed by atoms with van der Waals surface area (Å²) in [5.41, 5.74) is 0.752. The van der Waals surface area contributed by atoms with Gasteiger partial charge in [-0.05, 0) is 31.4 Å². The van der Waals surface area contributed by atoms with Crippen molar-refractivity contribution >= 4 is 23.2 Å². The number of carbonyl (C=O) groups is 2. The number of nitrogens with zero attached hydrogens (tertiary/aromatic N) is 2. The first-order valence-electron chi connectivity index (χ1n) is 7.63. The first-order valence-corrected chi connectivity index (χ1v) is 8.51. The molecule has 1 saturated heterocycles. The third kappa shape index (κ3) is 3.44. The Labute approximate surface area is 138 Å². The van der Waals surface area contributed by atoms with Gasteiger partial charge in [-0.3, -0.25) is 4.79 Å². The van der Waals surface area contributed by atoms with E-state index in [0.717, 1.165) is 23.5 Å². The number of furan rings is 1. The number of carbonyl (C=O) groups excluding carboxylic acids is 2. The number of thiazole rings is 1. The van der Waals surface area contributed by atoms with E-state index < -0.39 is 6.04 Å². The van der Waals surface area contributed by atoms with Crippen LogP contribution < -0.4 is 0 Å². The summed E-state index contributed by atoms with van der Waals surface area (Å²) < 4.78 is 10.5. The molecule has 1 atom stereocenters. The smallest absolute Gasteiger partial charge is 0.329 e. The van der Waals surface area contributed by atoms with Crippen molar-refractivity contribution in [1.29, 1.82) is 0 Å². The number of esters is 1. The van der Waals surface area contributed by atoms with E-state index in [4.69, 9.17) is 9.15 Å². The van der Waals surface area contributed by atoms with E-state index in [9.17, 15) is 9.59 Å². The van der Waals surface area contributed by atoms with E-state index in [1.165, 1.54) is 11.2 Å². The molecule has 1 aliphatic rings. The molecule has 0 saturated carbocycles. The van der Waals surface area contributed by atoms with Gasteiger partial charge in [0.15, 0.2) is 5.76 Å². The van der Waals surface area contributed by atoms with Crippen LogP contribution in [0.3, 0.4) is 0 Å². The maximum absolute atomic E-state index is 12.4. The zero-order chi connectivity index (χ0) is 16.2. The Balaban J connectivity index is 1.60. The van der Waals surface area contributed by atoms with Gasteiger partial charge in [0.25, 0.3) is 5.91 Å². The van der Waals surface area contributed by atoms with Crippen molar-refractivity contribution in [2.45, 2.75) is 38.8 Å². The molecule has 0 radical (unpaired) electrons. The van der Waals surface area contributed by atoms with E-state index in [1.54, 1.807) is 23.5 Å². The maximum Gasteiger partial charge on any atom is 0.329 e. The van der Waals surface area contributed by atoms with Gasteiger partial charge >= 0.3 is 5.97 Å². The van der Waals surface area contributed by atoms with E-state index in [0.29, 0.717) is 13.0 Å². The van der Waals surface area contributed by atoms with Crippen LogP contribution >= 0.6 is 11.3 Å². The Hall–Kier alpha value is -2.15. The Morgan fingerprint density at radius 3 is 3.09 bits per heavy atom. The van der Waals surface area contributed by atoms with Crippen LogP contribution in [-0.4, -0.2) is 34.3 Å². The molecule has 1 aliphatic heterocycles. The average molecular weight is 334 g/mol. The Kier molecular flexibility index (Phi) is 4.76. The number of aryl methyl sites for hydroxylation is 1. The van der Waals surface area contributed by atoms with Gasteiger partial charge in [0.2, 0.25) is 0 Å². The van der Waals surface area contributed by atoms with Crippen LogP contribution in [-0.2, 0) is 22.6 Å². The number of ether oxygens (including phenoxy) is 1. The van der Waals surface area contributed by atoms with Gasteiger partial charge in [-0.2, -0.15) is 0 Å². The summed E-state index contributed by atoms with van der Waals surface area (Å²) in [6.07, 6.45) is 3.71. The van der Waals surface area contributed by atoms with Gasteiger partial charge in [0.05, 0.1) is 17.0 Å². The Morgan fingerprint density at radius 2 is 2.39 bits per heavy atom. The van der Waals surface area contributed by atoms with Gasteiger partial charge in [-0.1, -0.05) is 6.92 Å².